The molecular formula is C21H19N3O6. The molecule has 0 bridgehead atoms. The summed E-state index contributed by atoms with van der Waals surface area (Å²) in [7, 11) is 1.42. The van der Waals surface area contributed by atoms with Gasteiger partial charge in [-0.05, 0) is 54.6 Å². The average molecular weight is 409 g/mol. The van der Waals surface area contributed by atoms with Crippen molar-refractivity contribution in [3.63, 3.8) is 0 Å². The van der Waals surface area contributed by atoms with Crippen molar-refractivity contribution in [2.45, 2.75) is 0 Å². The summed E-state index contributed by atoms with van der Waals surface area (Å²) < 4.78 is 15.5. The normalized spacial score (nSPS) is 10.2. The smallest absolute Gasteiger partial charge is 0.291 e. The molecule has 0 spiro atoms. The minimum absolute atomic E-state index is 0.199. The lowest BCUT2D eigenvalue weighted by atomic mass is 10.1. The first-order valence-corrected chi connectivity index (χ1v) is 8.81. The van der Waals surface area contributed by atoms with Gasteiger partial charge in [0.1, 0.15) is 0 Å². The standard InChI is InChI=1S/C21H19N3O6/c1-28-18-11-13(4-9-16(18)30-12-19(22)25)20(26)23-14-5-7-15(8-6-14)24-21(27)17-3-2-10-29-17/h2-11H,12H2,1H3,(H2,22,25)(H,23,26)(H,24,27). The van der Waals surface area contributed by atoms with E-state index in [1.165, 1.54) is 31.6 Å². The van der Waals surface area contributed by atoms with Crippen LogP contribution in [0.15, 0.2) is 65.3 Å². The van der Waals surface area contributed by atoms with Crippen molar-refractivity contribution in [1.82, 2.24) is 0 Å². The first-order valence-electron chi connectivity index (χ1n) is 8.81. The average Bonchev–Trinajstić information content (AvgIpc) is 3.28. The third-order valence-corrected chi connectivity index (χ3v) is 3.94. The highest BCUT2D eigenvalue weighted by molar-refractivity contribution is 6.05. The summed E-state index contributed by atoms with van der Waals surface area (Å²) in [4.78, 5) is 35.3. The first kappa shape index (κ1) is 20.5. The lowest BCUT2D eigenvalue weighted by Crippen LogP contribution is -2.20. The number of carbonyl (C=O) groups excluding carboxylic acids is 3. The van der Waals surface area contributed by atoms with Crippen molar-refractivity contribution in [3.8, 4) is 11.5 Å². The molecule has 0 aliphatic carbocycles. The number of amides is 3. The second kappa shape index (κ2) is 9.28. The van der Waals surface area contributed by atoms with Crippen molar-refractivity contribution in [1.29, 1.82) is 0 Å². The van der Waals surface area contributed by atoms with Crippen LogP contribution in [0, 0.1) is 0 Å². The fourth-order valence-corrected chi connectivity index (χ4v) is 2.52. The Labute approximate surface area is 171 Å². The number of nitrogens with two attached hydrogens (primary N) is 1. The van der Waals surface area contributed by atoms with Gasteiger partial charge in [-0.25, -0.2) is 0 Å². The van der Waals surface area contributed by atoms with Crippen LogP contribution in [0.2, 0.25) is 0 Å². The van der Waals surface area contributed by atoms with Gasteiger partial charge < -0.3 is 30.3 Å². The number of nitrogens with one attached hydrogen (secondary N) is 2. The number of hydrogen-bond donors (Lipinski definition) is 3. The molecule has 0 fully saturated rings. The van der Waals surface area contributed by atoms with Crippen molar-refractivity contribution >= 4 is 29.1 Å². The molecule has 1 heterocycles. The van der Waals surface area contributed by atoms with E-state index in [9.17, 15) is 14.4 Å². The fraction of sp³-hybridized carbons (Fsp3) is 0.0952. The molecule has 0 unspecified atom stereocenters. The zero-order valence-electron chi connectivity index (χ0n) is 16.0. The van der Waals surface area contributed by atoms with Gasteiger partial charge in [0, 0.05) is 16.9 Å². The van der Waals surface area contributed by atoms with Crippen LogP contribution in [0.4, 0.5) is 11.4 Å². The van der Waals surface area contributed by atoms with Crippen LogP contribution in [0.25, 0.3) is 0 Å². The summed E-state index contributed by atoms with van der Waals surface area (Å²) >= 11 is 0. The summed E-state index contributed by atoms with van der Waals surface area (Å²) in [5, 5.41) is 5.44. The van der Waals surface area contributed by atoms with E-state index in [0.717, 1.165) is 0 Å². The van der Waals surface area contributed by atoms with E-state index in [1.807, 2.05) is 0 Å². The van der Waals surface area contributed by atoms with Gasteiger partial charge >= 0.3 is 0 Å². The van der Waals surface area contributed by atoms with Gasteiger partial charge in [-0.3, -0.25) is 14.4 Å². The number of rotatable bonds is 8. The van der Waals surface area contributed by atoms with E-state index in [0.29, 0.717) is 28.4 Å². The molecule has 0 radical (unpaired) electrons. The molecule has 9 heteroatoms. The van der Waals surface area contributed by atoms with Crippen LogP contribution in [0.1, 0.15) is 20.9 Å². The number of ether oxygens (including phenoxy) is 2. The summed E-state index contributed by atoms with van der Waals surface area (Å²) in [6.07, 6.45) is 1.42. The third kappa shape index (κ3) is 5.16. The van der Waals surface area contributed by atoms with Crippen LogP contribution in [0.3, 0.4) is 0 Å². The molecule has 2 aromatic carbocycles. The summed E-state index contributed by atoms with van der Waals surface area (Å²) in [5.74, 6) is -0.582. The Balaban J connectivity index is 1.64. The molecule has 1 aromatic heterocycles. The highest BCUT2D eigenvalue weighted by atomic mass is 16.5. The summed E-state index contributed by atoms with van der Waals surface area (Å²) in [5.41, 5.74) is 6.47. The first-order chi connectivity index (χ1) is 14.5. The second-order valence-electron chi connectivity index (χ2n) is 6.08. The molecular weight excluding hydrogens is 390 g/mol. The zero-order valence-corrected chi connectivity index (χ0v) is 16.0. The van der Waals surface area contributed by atoms with Crippen molar-refractivity contribution < 1.29 is 28.3 Å². The number of benzene rings is 2. The lowest BCUT2D eigenvalue weighted by molar-refractivity contribution is -0.119. The van der Waals surface area contributed by atoms with Crippen LogP contribution < -0.4 is 25.8 Å². The molecule has 0 atom stereocenters. The second-order valence-corrected chi connectivity index (χ2v) is 6.08. The number of furan rings is 1. The van der Waals surface area contributed by atoms with Crippen LogP contribution in [0.5, 0.6) is 11.5 Å². The molecule has 30 heavy (non-hydrogen) atoms. The maximum absolute atomic E-state index is 12.5. The third-order valence-electron chi connectivity index (χ3n) is 3.94. The number of methoxy groups -OCH3 is 1. The van der Waals surface area contributed by atoms with E-state index in [2.05, 4.69) is 10.6 Å². The predicted molar refractivity (Wildman–Crippen MR) is 109 cm³/mol. The highest BCUT2D eigenvalue weighted by Crippen LogP contribution is 2.28. The Morgan fingerprint density at radius 1 is 0.933 bits per heavy atom. The maximum Gasteiger partial charge on any atom is 0.291 e. The number of primary amides is 1. The Kier molecular flexibility index (Phi) is 6.33. The predicted octanol–water partition coefficient (Wildman–Crippen LogP) is 2.66. The fourth-order valence-electron chi connectivity index (χ4n) is 2.52. The van der Waals surface area contributed by atoms with E-state index in [-0.39, 0.29) is 24.2 Å². The Bertz CT molecular complexity index is 1050. The molecule has 9 nitrogen and oxygen atoms in total. The van der Waals surface area contributed by atoms with Crippen LogP contribution in [-0.4, -0.2) is 31.4 Å². The van der Waals surface area contributed by atoms with Crippen LogP contribution >= 0.6 is 0 Å². The van der Waals surface area contributed by atoms with E-state index in [4.69, 9.17) is 19.6 Å². The van der Waals surface area contributed by atoms with Gasteiger partial charge in [0.15, 0.2) is 23.9 Å². The quantitative estimate of drug-likeness (QED) is 0.524. The van der Waals surface area contributed by atoms with Crippen molar-refractivity contribution in [3.05, 3.63) is 72.2 Å². The maximum atomic E-state index is 12.5. The molecule has 3 aromatic rings. The Hall–Kier alpha value is -4.27. The molecule has 3 amide bonds. The number of hydrogen-bond acceptors (Lipinski definition) is 6. The SMILES string of the molecule is COc1cc(C(=O)Nc2ccc(NC(=O)c3ccco3)cc2)ccc1OCC(N)=O. The van der Waals surface area contributed by atoms with Gasteiger partial charge in [-0.15, -0.1) is 0 Å². The molecule has 3 rings (SSSR count). The number of carbonyl (C=O) groups is 3. The van der Waals surface area contributed by atoms with E-state index in [1.54, 1.807) is 36.4 Å². The molecule has 0 aliphatic heterocycles. The molecule has 4 N–H and O–H groups in total. The molecule has 0 saturated carbocycles. The topological polar surface area (TPSA) is 133 Å². The lowest BCUT2D eigenvalue weighted by Gasteiger charge is -2.12. The molecule has 154 valence electrons. The highest BCUT2D eigenvalue weighted by Gasteiger charge is 2.13. The minimum Gasteiger partial charge on any atom is -0.493 e. The van der Waals surface area contributed by atoms with Gasteiger partial charge in [-0.1, -0.05) is 0 Å². The molecule has 0 aliphatic rings. The summed E-state index contributed by atoms with van der Waals surface area (Å²) in [6, 6.07) is 14.3. The Morgan fingerprint density at radius 2 is 1.60 bits per heavy atom. The van der Waals surface area contributed by atoms with Crippen molar-refractivity contribution in [2.75, 3.05) is 24.4 Å². The zero-order chi connectivity index (χ0) is 21.5. The minimum atomic E-state index is -0.623. The molecule has 0 saturated heterocycles. The van der Waals surface area contributed by atoms with Gasteiger partial charge in [0.05, 0.1) is 13.4 Å². The number of anilines is 2. The van der Waals surface area contributed by atoms with Gasteiger partial charge in [-0.2, -0.15) is 0 Å². The van der Waals surface area contributed by atoms with E-state index >= 15 is 0 Å². The van der Waals surface area contributed by atoms with Gasteiger partial charge in [0.25, 0.3) is 17.7 Å². The van der Waals surface area contributed by atoms with Crippen molar-refractivity contribution in [2.24, 2.45) is 5.73 Å². The largest absolute Gasteiger partial charge is 0.493 e. The summed E-state index contributed by atoms with van der Waals surface area (Å²) in [6.45, 7) is -0.301. The van der Waals surface area contributed by atoms with Crippen LogP contribution in [-0.2, 0) is 4.79 Å². The van der Waals surface area contributed by atoms with E-state index < -0.39 is 5.91 Å². The Morgan fingerprint density at radius 3 is 2.17 bits per heavy atom. The van der Waals surface area contributed by atoms with Gasteiger partial charge in [0.2, 0.25) is 0 Å². The monoisotopic (exact) mass is 409 g/mol.